The maximum Gasteiger partial charge on any atom is 0.265 e. The van der Waals surface area contributed by atoms with Crippen molar-refractivity contribution < 1.29 is 9.63 Å². The number of carbonyl (C=O) groups is 1. The normalized spacial score (nSPS) is 11.2. The molecule has 0 unspecified atom stereocenters. The van der Waals surface area contributed by atoms with E-state index in [1.807, 2.05) is 0 Å². The number of hydroxylamine groups is 1. The minimum atomic E-state index is -0.524. The van der Waals surface area contributed by atoms with Gasteiger partial charge < -0.3 is 0 Å². The van der Waals surface area contributed by atoms with Crippen LogP contribution in [0.5, 0.6) is 0 Å². The predicted octanol–water partition coefficient (Wildman–Crippen LogP) is -0.617. The van der Waals surface area contributed by atoms with Crippen molar-refractivity contribution in [1.29, 1.82) is 0 Å². The zero-order valence-corrected chi connectivity index (χ0v) is 9.94. The molecule has 1 amide bonds. The smallest absolute Gasteiger partial charge is 0.265 e. The molecule has 0 radical (unpaired) electrons. The lowest BCUT2D eigenvalue weighted by Gasteiger charge is -2.18. The summed E-state index contributed by atoms with van der Waals surface area (Å²) in [6, 6.07) is 2.19. The van der Waals surface area contributed by atoms with Gasteiger partial charge in [-0.3, -0.25) is 24.3 Å². The van der Waals surface area contributed by atoms with Gasteiger partial charge >= 0.3 is 0 Å². The van der Waals surface area contributed by atoms with E-state index >= 15 is 0 Å². The van der Waals surface area contributed by atoms with Crippen LogP contribution in [0.4, 0.5) is 0 Å². The summed E-state index contributed by atoms with van der Waals surface area (Å²) in [7, 11) is 0. The molecule has 0 saturated carbocycles. The fourth-order valence-electron chi connectivity index (χ4n) is 0.966. The first kappa shape index (κ1) is 13.2. The van der Waals surface area contributed by atoms with E-state index in [1.165, 1.54) is 0 Å². The van der Waals surface area contributed by atoms with Crippen molar-refractivity contribution in [3.05, 3.63) is 32.8 Å². The first-order valence-corrected chi connectivity index (χ1v) is 5.05. The lowest BCUT2D eigenvalue weighted by atomic mass is 10.2. The molecule has 0 aliphatic heterocycles. The molecular formula is C10H15N3O4. The second-order valence-corrected chi connectivity index (χ2v) is 4.47. The van der Waals surface area contributed by atoms with E-state index in [9.17, 15) is 14.4 Å². The quantitative estimate of drug-likeness (QED) is 0.690. The van der Waals surface area contributed by atoms with Gasteiger partial charge in [-0.05, 0) is 20.8 Å². The van der Waals surface area contributed by atoms with Crippen LogP contribution in [-0.4, -0.2) is 21.3 Å². The van der Waals surface area contributed by atoms with Crippen LogP contribution in [0.25, 0.3) is 0 Å². The number of rotatable bonds is 3. The Morgan fingerprint density at radius 1 is 1.41 bits per heavy atom. The van der Waals surface area contributed by atoms with Crippen molar-refractivity contribution in [3.8, 4) is 0 Å². The molecule has 0 aromatic carbocycles. The van der Waals surface area contributed by atoms with Gasteiger partial charge in [0.1, 0.15) is 6.54 Å². The van der Waals surface area contributed by atoms with Crippen LogP contribution >= 0.6 is 0 Å². The van der Waals surface area contributed by atoms with Crippen molar-refractivity contribution >= 4 is 5.91 Å². The summed E-state index contributed by atoms with van der Waals surface area (Å²) in [6.45, 7) is 5.00. The van der Waals surface area contributed by atoms with Gasteiger partial charge in [-0.2, -0.15) is 0 Å². The summed E-state index contributed by atoms with van der Waals surface area (Å²) in [6.07, 6.45) is 0. The van der Waals surface area contributed by atoms with E-state index in [2.05, 4.69) is 10.6 Å². The maximum atomic E-state index is 11.4. The minimum Gasteiger partial charge on any atom is -0.271 e. The number of aromatic amines is 1. The highest BCUT2D eigenvalue weighted by Crippen LogP contribution is 2.03. The number of H-pyrrole nitrogens is 1. The molecule has 0 aliphatic rings. The Morgan fingerprint density at radius 3 is 2.65 bits per heavy atom. The second kappa shape index (κ2) is 4.96. The van der Waals surface area contributed by atoms with Gasteiger partial charge in [0.15, 0.2) is 0 Å². The first-order chi connectivity index (χ1) is 7.78. The van der Waals surface area contributed by atoms with Crippen molar-refractivity contribution in [2.45, 2.75) is 32.9 Å². The van der Waals surface area contributed by atoms with Gasteiger partial charge in [-0.25, -0.2) is 10.2 Å². The molecule has 0 aliphatic carbocycles. The lowest BCUT2D eigenvalue weighted by Crippen LogP contribution is -2.39. The summed E-state index contributed by atoms with van der Waals surface area (Å²) in [5.41, 5.74) is 0.762. The number of nitrogens with one attached hydrogen (secondary N) is 2. The van der Waals surface area contributed by atoms with E-state index in [-0.39, 0.29) is 6.54 Å². The molecule has 7 nitrogen and oxygen atoms in total. The summed E-state index contributed by atoms with van der Waals surface area (Å²) in [5, 5.41) is 2.24. The Labute approximate surface area is 97.3 Å². The third-order valence-electron chi connectivity index (χ3n) is 1.66. The number of aromatic nitrogens is 2. The summed E-state index contributed by atoms with van der Waals surface area (Å²) >= 11 is 0. The zero-order valence-electron chi connectivity index (χ0n) is 9.94. The van der Waals surface area contributed by atoms with E-state index in [1.54, 1.807) is 20.8 Å². The standard InChI is InChI=1S/C10H15N3O4/c1-10(2,3)17-12-8(15)6-13-9(16)5-4-7(14)11-13/h4-5H,6H2,1-3H3,(H,11,14)(H,12,15). The average molecular weight is 241 g/mol. The number of hydrogen-bond donors (Lipinski definition) is 2. The highest BCUT2D eigenvalue weighted by Gasteiger charge is 2.13. The molecule has 0 saturated heterocycles. The molecule has 0 bridgehead atoms. The Bertz CT molecular complexity index is 509. The van der Waals surface area contributed by atoms with Crippen molar-refractivity contribution in [2.24, 2.45) is 0 Å². The molecule has 0 atom stereocenters. The van der Waals surface area contributed by atoms with Gasteiger partial charge in [-0.15, -0.1) is 0 Å². The molecule has 17 heavy (non-hydrogen) atoms. The molecule has 1 rings (SSSR count). The predicted molar refractivity (Wildman–Crippen MR) is 60.3 cm³/mol. The molecule has 2 N–H and O–H groups in total. The molecule has 0 spiro atoms. The Kier molecular flexibility index (Phi) is 3.84. The Hall–Kier alpha value is -1.89. The SMILES string of the molecule is CC(C)(C)ONC(=O)Cn1[nH]c(=O)ccc1=O. The molecule has 1 aromatic rings. The van der Waals surface area contributed by atoms with Crippen LogP contribution in [0, 0.1) is 0 Å². The summed E-state index contributed by atoms with van der Waals surface area (Å²) in [5.74, 6) is -0.524. The zero-order chi connectivity index (χ0) is 13.1. The van der Waals surface area contributed by atoms with E-state index < -0.39 is 22.6 Å². The number of amides is 1. The Balaban J connectivity index is 2.66. The van der Waals surface area contributed by atoms with Crippen LogP contribution in [0.3, 0.4) is 0 Å². The van der Waals surface area contributed by atoms with E-state index in [0.717, 1.165) is 16.8 Å². The minimum absolute atomic E-state index is 0.301. The van der Waals surface area contributed by atoms with Crippen LogP contribution in [-0.2, 0) is 16.2 Å². The summed E-state index contributed by atoms with van der Waals surface area (Å²) in [4.78, 5) is 38.7. The van der Waals surface area contributed by atoms with Crippen LogP contribution < -0.4 is 16.6 Å². The summed E-state index contributed by atoms with van der Waals surface area (Å²) < 4.78 is 0.906. The monoisotopic (exact) mass is 241 g/mol. The van der Waals surface area contributed by atoms with E-state index in [0.29, 0.717) is 0 Å². The van der Waals surface area contributed by atoms with E-state index in [4.69, 9.17) is 4.84 Å². The molecule has 94 valence electrons. The van der Waals surface area contributed by atoms with Crippen molar-refractivity contribution in [1.82, 2.24) is 15.3 Å². The largest absolute Gasteiger partial charge is 0.271 e. The topological polar surface area (TPSA) is 93.2 Å². The Morgan fingerprint density at radius 2 is 2.06 bits per heavy atom. The molecule has 7 heteroatoms. The third kappa shape index (κ3) is 4.64. The van der Waals surface area contributed by atoms with Crippen LogP contribution in [0.2, 0.25) is 0 Å². The van der Waals surface area contributed by atoms with Crippen LogP contribution in [0.1, 0.15) is 20.8 Å². The van der Waals surface area contributed by atoms with Gasteiger partial charge in [0.25, 0.3) is 17.0 Å². The molecule has 0 fully saturated rings. The first-order valence-electron chi connectivity index (χ1n) is 5.05. The van der Waals surface area contributed by atoms with Gasteiger partial charge in [-0.1, -0.05) is 0 Å². The molecule has 1 aromatic heterocycles. The van der Waals surface area contributed by atoms with Gasteiger partial charge in [0.2, 0.25) is 0 Å². The lowest BCUT2D eigenvalue weighted by molar-refractivity contribution is -0.146. The van der Waals surface area contributed by atoms with Gasteiger partial charge in [0, 0.05) is 12.1 Å². The fraction of sp³-hybridized carbons (Fsp3) is 0.500. The second-order valence-electron chi connectivity index (χ2n) is 4.47. The third-order valence-corrected chi connectivity index (χ3v) is 1.66. The van der Waals surface area contributed by atoms with Crippen LogP contribution in [0.15, 0.2) is 21.7 Å². The number of hydrogen-bond acceptors (Lipinski definition) is 4. The molecular weight excluding hydrogens is 226 g/mol. The number of nitrogens with zero attached hydrogens (tertiary/aromatic N) is 1. The molecule has 1 heterocycles. The highest BCUT2D eigenvalue weighted by molar-refractivity contribution is 5.74. The van der Waals surface area contributed by atoms with Gasteiger partial charge in [0.05, 0.1) is 5.60 Å². The number of carbonyl (C=O) groups excluding carboxylic acids is 1. The van der Waals surface area contributed by atoms with Crippen molar-refractivity contribution in [2.75, 3.05) is 0 Å². The fourth-order valence-corrected chi connectivity index (χ4v) is 0.966. The van der Waals surface area contributed by atoms with Crippen molar-refractivity contribution in [3.63, 3.8) is 0 Å². The average Bonchev–Trinajstić information content (AvgIpc) is 2.20. The highest BCUT2D eigenvalue weighted by atomic mass is 16.7. The maximum absolute atomic E-state index is 11.4.